The molecule has 146 valence electrons. The maximum absolute atomic E-state index is 10.1. The third-order valence-corrected chi connectivity index (χ3v) is 5.92. The minimum absolute atomic E-state index is 0.489. The zero-order valence-corrected chi connectivity index (χ0v) is 17.3. The number of fused-ring (bicyclic) bond motifs is 3. The molecule has 0 amide bonds. The summed E-state index contributed by atoms with van der Waals surface area (Å²) in [5, 5.41) is 22.4. The van der Waals surface area contributed by atoms with Crippen molar-refractivity contribution in [3.63, 3.8) is 0 Å². The first-order valence-corrected chi connectivity index (χ1v) is 10.2. The lowest BCUT2D eigenvalue weighted by Gasteiger charge is -2.16. The molecule has 31 heavy (non-hydrogen) atoms. The average Bonchev–Trinajstić information content (AvgIpc) is 3.12. The Kier molecular flexibility index (Phi) is 4.32. The van der Waals surface area contributed by atoms with Gasteiger partial charge in [0.1, 0.15) is 12.1 Å². The van der Waals surface area contributed by atoms with Crippen molar-refractivity contribution >= 4 is 21.8 Å². The van der Waals surface area contributed by atoms with Gasteiger partial charge in [-0.1, -0.05) is 54.6 Å². The Morgan fingerprint density at radius 2 is 1.13 bits per heavy atom. The van der Waals surface area contributed by atoms with E-state index in [1.807, 2.05) is 54.6 Å². The molecule has 3 nitrogen and oxygen atoms in total. The zero-order chi connectivity index (χ0) is 21.5. The Morgan fingerprint density at radius 1 is 0.645 bits per heavy atom. The highest BCUT2D eigenvalue weighted by atomic mass is 15.0. The van der Waals surface area contributed by atoms with Crippen LogP contribution in [0.15, 0.2) is 78.9 Å². The number of nitriles is 2. The van der Waals surface area contributed by atoms with Crippen LogP contribution in [0.4, 0.5) is 0 Å². The van der Waals surface area contributed by atoms with Crippen molar-refractivity contribution in [1.29, 1.82) is 10.5 Å². The predicted molar refractivity (Wildman–Crippen MR) is 125 cm³/mol. The zero-order valence-electron chi connectivity index (χ0n) is 17.3. The Balaban J connectivity index is 1.91. The van der Waals surface area contributed by atoms with E-state index in [1.54, 1.807) is 0 Å². The van der Waals surface area contributed by atoms with E-state index in [9.17, 15) is 10.5 Å². The highest BCUT2D eigenvalue weighted by Gasteiger charge is 2.20. The fraction of sp³-hybridized carbons (Fsp3) is 0.0714. The summed E-state index contributed by atoms with van der Waals surface area (Å²) in [6.07, 6.45) is 0. The van der Waals surface area contributed by atoms with Crippen LogP contribution in [-0.4, -0.2) is 4.57 Å². The molecule has 0 N–H and O–H groups in total. The van der Waals surface area contributed by atoms with Gasteiger partial charge in [0.15, 0.2) is 0 Å². The van der Waals surface area contributed by atoms with Gasteiger partial charge in [0.2, 0.25) is 0 Å². The summed E-state index contributed by atoms with van der Waals surface area (Å²) in [5.74, 6) is 0. The summed E-state index contributed by atoms with van der Waals surface area (Å²) in [7, 11) is 0. The minimum atomic E-state index is 0.489. The molecule has 1 aromatic heterocycles. The second-order valence-electron chi connectivity index (χ2n) is 7.78. The Hall–Kier alpha value is -4.34. The van der Waals surface area contributed by atoms with Crippen molar-refractivity contribution in [2.45, 2.75) is 13.8 Å². The van der Waals surface area contributed by atoms with Crippen molar-refractivity contribution in [3.05, 3.63) is 101 Å². The van der Waals surface area contributed by atoms with E-state index >= 15 is 0 Å². The number of rotatable bonds is 2. The molecule has 0 fully saturated rings. The highest BCUT2D eigenvalue weighted by molar-refractivity contribution is 6.09. The number of aryl methyl sites for hydroxylation is 2. The summed E-state index contributed by atoms with van der Waals surface area (Å²) in [6, 6.07) is 30.9. The fourth-order valence-corrected chi connectivity index (χ4v) is 4.62. The molecule has 4 aromatic carbocycles. The van der Waals surface area contributed by atoms with E-state index in [4.69, 9.17) is 0 Å². The summed E-state index contributed by atoms with van der Waals surface area (Å²) in [4.78, 5) is 0. The van der Waals surface area contributed by atoms with E-state index in [0.29, 0.717) is 16.8 Å². The second kappa shape index (κ2) is 7.17. The van der Waals surface area contributed by atoms with Crippen LogP contribution < -0.4 is 0 Å². The SMILES string of the molecule is Cc1cccc(C)c1-c1cc(C#N)c(-n2c3ccccc3c3ccccc32)c(C#N)c1. The molecule has 0 aliphatic heterocycles. The minimum Gasteiger partial charge on any atom is -0.307 e. The quantitative estimate of drug-likeness (QED) is 0.328. The molecule has 5 aromatic rings. The average molecular weight is 397 g/mol. The van der Waals surface area contributed by atoms with Crippen LogP contribution in [0.1, 0.15) is 22.3 Å². The molecule has 0 saturated heterocycles. The first-order valence-electron chi connectivity index (χ1n) is 10.2. The number of aromatic nitrogens is 1. The van der Waals surface area contributed by atoms with Crippen molar-refractivity contribution < 1.29 is 0 Å². The summed E-state index contributed by atoms with van der Waals surface area (Å²) in [5.41, 5.74) is 7.80. The number of nitrogens with zero attached hydrogens (tertiary/aromatic N) is 3. The standard InChI is InChI=1S/C28H19N3/c1-18-8-7-9-19(2)27(18)20-14-21(16-29)28(22(15-20)17-30)31-25-12-5-3-10-23(25)24-11-4-6-13-26(24)31/h3-15H,1-2H3. The van der Waals surface area contributed by atoms with Crippen LogP contribution in [-0.2, 0) is 0 Å². The van der Waals surface area contributed by atoms with Gasteiger partial charge in [0.05, 0.1) is 27.8 Å². The monoisotopic (exact) mass is 397 g/mol. The molecule has 0 bridgehead atoms. The van der Waals surface area contributed by atoms with Gasteiger partial charge in [-0.05, 0) is 60.4 Å². The molecular formula is C28H19N3. The molecular weight excluding hydrogens is 378 g/mol. The fourth-order valence-electron chi connectivity index (χ4n) is 4.62. The smallest absolute Gasteiger partial charge is 0.101 e. The van der Waals surface area contributed by atoms with Gasteiger partial charge < -0.3 is 4.57 Å². The third kappa shape index (κ3) is 2.80. The van der Waals surface area contributed by atoms with Crippen LogP contribution in [0, 0.1) is 36.5 Å². The van der Waals surface area contributed by atoms with Crippen LogP contribution in [0.25, 0.3) is 38.6 Å². The Morgan fingerprint density at radius 3 is 1.61 bits per heavy atom. The molecule has 0 aliphatic rings. The predicted octanol–water partition coefficient (Wildman–Crippen LogP) is 6.81. The first-order chi connectivity index (χ1) is 15.1. The molecule has 5 rings (SSSR count). The highest BCUT2D eigenvalue weighted by Crippen LogP contribution is 2.37. The molecule has 3 heteroatoms. The number of hydrogen-bond donors (Lipinski definition) is 0. The Labute approximate surface area is 181 Å². The summed E-state index contributed by atoms with van der Waals surface area (Å²) in [6.45, 7) is 4.11. The summed E-state index contributed by atoms with van der Waals surface area (Å²) < 4.78 is 2.05. The van der Waals surface area contributed by atoms with E-state index in [1.165, 1.54) is 0 Å². The van der Waals surface area contributed by atoms with Crippen LogP contribution in [0.5, 0.6) is 0 Å². The van der Waals surface area contributed by atoms with Crippen LogP contribution >= 0.6 is 0 Å². The van der Waals surface area contributed by atoms with Gasteiger partial charge in [0.25, 0.3) is 0 Å². The molecule has 0 saturated carbocycles. The molecule has 0 radical (unpaired) electrons. The van der Waals surface area contributed by atoms with Gasteiger partial charge >= 0.3 is 0 Å². The van der Waals surface area contributed by atoms with Crippen molar-refractivity contribution in [2.75, 3.05) is 0 Å². The molecule has 0 unspecified atom stereocenters. The Bertz CT molecular complexity index is 1460. The lowest BCUT2D eigenvalue weighted by atomic mass is 9.92. The molecule has 0 atom stereocenters. The first kappa shape index (κ1) is 18.7. The van der Waals surface area contributed by atoms with E-state index in [-0.39, 0.29) is 0 Å². The van der Waals surface area contributed by atoms with Crippen molar-refractivity contribution in [2.24, 2.45) is 0 Å². The largest absolute Gasteiger partial charge is 0.307 e. The van der Waals surface area contributed by atoms with Gasteiger partial charge in [-0.25, -0.2) is 0 Å². The summed E-state index contributed by atoms with van der Waals surface area (Å²) >= 11 is 0. The van der Waals surface area contributed by atoms with E-state index in [0.717, 1.165) is 44.1 Å². The molecule has 1 heterocycles. The second-order valence-corrected chi connectivity index (χ2v) is 7.78. The van der Waals surface area contributed by atoms with E-state index < -0.39 is 0 Å². The van der Waals surface area contributed by atoms with Crippen LogP contribution in [0.2, 0.25) is 0 Å². The topological polar surface area (TPSA) is 52.5 Å². The van der Waals surface area contributed by atoms with Gasteiger partial charge in [-0.2, -0.15) is 10.5 Å². The van der Waals surface area contributed by atoms with Crippen LogP contribution in [0.3, 0.4) is 0 Å². The normalized spacial score (nSPS) is 10.8. The number of hydrogen-bond acceptors (Lipinski definition) is 2. The van der Waals surface area contributed by atoms with Crippen molar-refractivity contribution in [3.8, 4) is 29.0 Å². The molecule has 0 spiro atoms. The van der Waals surface area contributed by atoms with Gasteiger partial charge in [-0.3, -0.25) is 0 Å². The number of para-hydroxylation sites is 2. The van der Waals surface area contributed by atoms with Crippen molar-refractivity contribution in [1.82, 2.24) is 4.57 Å². The maximum atomic E-state index is 10.1. The lowest BCUT2D eigenvalue weighted by Crippen LogP contribution is -2.02. The molecule has 0 aliphatic carbocycles. The number of benzene rings is 4. The maximum Gasteiger partial charge on any atom is 0.101 e. The third-order valence-electron chi connectivity index (χ3n) is 5.92. The lowest BCUT2D eigenvalue weighted by molar-refractivity contribution is 1.15. The van der Waals surface area contributed by atoms with Gasteiger partial charge in [-0.15, -0.1) is 0 Å². The van der Waals surface area contributed by atoms with Gasteiger partial charge in [0, 0.05) is 10.8 Å². The van der Waals surface area contributed by atoms with E-state index in [2.05, 4.69) is 54.8 Å².